The molecule has 0 amide bonds. The zero-order chi connectivity index (χ0) is 11.8. The maximum Gasteiger partial charge on any atom is 0.345 e. The van der Waals surface area contributed by atoms with Gasteiger partial charge in [0.05, 0.1) is 6.10 Å². The van der Waals surface area contributed by atoms with Crippen molar-refractivity contribution < 1.29 is 19.4 Å². The molecule has 0 aliphatic heterocycles. The molecule has 4 heteroatoms. The molecule has 0 aromatic carbocycles. The van der Waals surface area contributed by atoms with Gasteiger partial charge in [0.2, 0.25) is 0 Å². The molecule has 0 aromatic rings. The summed E-state index contributed by atoms with van der Waals surface area (Å²) in [5.74, 6) is -2.17. The van der Waals surface area contributed by atoms with Crippen LogP contribution in [0, 0.1) is 0 Å². The Balaban J connectivity index is 3.86. The lowest BCUT2D eigenvalue weighted by Gasteiger charge is -2.12. The van der Waals surface area contributed by atoms with Gasteiger partial charge in [0.1, 0.15) is 5.57 Å². The molecule has 0 rings (SSSR count). The van der Waals surface area contributed by atoms with Gasteiger partial charge in [-0.15, -0.1) is 0 Å². The number of rotatable bonds is 7. The molecule has 0 bridgehead atoms. The number of carbonyl (C=O) groups is 2. The van der Waals surface area contributed by atoms with Crippen LogP contribution in [0.5, 0.6) is 0 Å². The average molecular weight is 214 g/mol. The minimum absolute atomic E-state index is 0.250. The van der Waals surface area contributed by atoms with E-state index >= 15 is 0 Å². The van der Waals surface area contributed by atoms with E-state index in [-0.39, 0.29) is 6.10 Å². The largest absolute Gasteiger partial charge is 0.477 e. The summed E-state index contributed by atoms with van der Waals surface area (Å²) in [6.07, 6.45) is 3.67. The lowest BCUT2D eigenvalue weighted by atomic mass is 10.1. The van der Waals surface area contributed by atoms with Crippen LogP contribution < -0.4 is 0 Å². The number of carboxylic acids is 1. The highest BCUT2D eigenvalue weighted by Gasteiger charge is 2.18. The van der Waals surface area contributed by atoms with Gasteiger partial charge in [-0.25, -0.2) is 9.59 Å². The zero-order valence-electron chi connectivity index (χ0n) is 9.28. The van der Waals surface area contributed by atoms with Gasteiger partial charge in [-0.3, -0.25) is 0 Å². The predicted molar refractivity (Wildman–Crippen MR) is 56.5 cm³/mol. The van der Waals surface area contributed by atoms with Crippen molar-refractivity contribution in [1.82, 2.24) is 0 Å². The fourth-order valence-corrected chi connectivity index (χ4v) is 1.08. The quantitative estimate of drug-likeness (QED) is 0.232. The fourth-order valence-electron chi connectivity index (χ4n) is 1.08. The van der Waals surface area contributed by atoms with Crippen LogP contribution in [0.25, 0.3) is 0 Å². The first-order valence-corrected chi connectivity index (χ1v) is 5.12. The molecule has 4 nitrogen and oxygen atoms in total. The van der Waals surface area contributed by atoms with Crippen LogP contribution in [0.3, 0.4) is 0 Å². The molecule has 0 aliphatic carbocycles. The number of ether oxygens (including phenoxy) is 1. The van der Waals surface area contributed by atoms with E-state index in [9.17, 15) is 9.59 Å². The van der Waals surface area contributed by atoms with Gasteiger partial charge in [-0.2, -0.15) is 0 Å². The molecule has 1 atom stereocenters. The van der Waals surface area contributed by atoms with Crippen LogP contribution in [-0.4, -0.2) is 23.1 Å². The van der Waals surface area contributed by atoms with E-state index in [1.165, 1.54) is 0 Å². The molecule has 15 heavy (non-hydrogen) atoms. The molecule has 0 aromatic heterocycles. The normalized spacial score (nSPS) is 11.9. The number of aliphatic carboxylic acids is 1. The van der Waals surface area contributed by atoms with E-state index < -0.39 is 17.5 Å². The van der Waals surface area contributed by atoms with Crippen molar-refractivity contribution in [1.29, 1.82) is 0 Å². The highest BCUT2D eigenvalue weighted by Crippen LogP contribution is 2.08. The highest BCUT2D eigenvalue weighted by atomic mass is 16.5. The minimum Gasteiger partial charge on any atom is -0.477 e. The summed E-state index contributed by atoms with van der Waals surface area (Å²) in [5, 5.41) is 8.48. The first-order valence-electron chi connectivity index (χ1n) is 5.12. The topological polar surface area (TPSA) is 63.6 Å². The van der Waals surface area contributed by atoms with Crippen LogP contribution in [-0.2, 0) is 14.3 Å². The molecule has 0 radical (unpaired) electrons. The number of carbonyl (C=O) groups excluding carboxylic acids is 1. The third kappa shape index (κ3) is 5.88. The van der Waals surface area contributed by atoms with E-state index in [4.69, 9.17) is 9.84 Å². The van der Waals surface area contributed by atoms with Crippen molar-refractivity contribution in [2.75, 3.05) is 0 Å². The SMILES string of the molecule is C=C(C(=O)O)C(=O)OC(C)CCCCC. The van der Waals surface area contributed by atoms with Crippen molar-refractivity contribution in [3.05, 3.63) is 12.2 Å². The number of carboxylic acid groups (broad SMARTS) is 1. The van der Waals surface area contributed by atoms with E-state index in [1.54, 1.807) is 6.92 Å². The molecule has 86 valence electrons. The second-order valence-corrected chi connectivity index (χ2v) is 3.50. The molecule has 0 fully saturated rings. The standard InChI is InChI=1S/C11H18O4/c1-4-5-6-7-8(2)15-11(14)9(3)10(12)13/h8H,3-7H2,1-2H3,(H,12,13). The van der Waals surface area contributed by atoms with Crippen molar-refractivity contribution in [3.8, 4) is 0 Å². The van der Waals surface area contributed by atoms with Crippen molar-refractivity contribution in [3.63, 3.8) is 0 Å². The predicted octanol–water partition coefficient (Wildman–Crippen LogP) is 2.14. The van der Waals surface area contributed by atoms with E-state index in [1.807, 2.05) is 0 Å². The Morgan fingerprint density at radius 3 is 2.47 bits per heavy atom. The Morgan fingerprint density at radius 2 is 2.00 bits per heavy atom. The van der Waals surface area contributed by atoms with Gasteiger partial charge < -0.3 is 9.84 Å². The number of hydrogen-bond donors (Lipinski definition) is 1. The maximum atomic E-state index is 11.1. The molecule has 0 saturated heterocycles. The molecule has 0 spiro atoms. The maximum absolute atomic E-state index is 11.1. The molecule has 1 unspecified atom stereocenters. The van der Waals surface area contributed by atoms with Crippen LogP contribution in [0.1, 0.15) is 39.5 Å². The summed E-state index contributed by atoms with van der Waals surface area (Å²) in [7, 11) is 0. The van der Waals surface area contributed by atoms with Crippen LogP contribution >= 0.6 is 0 Å². The summed E-state index contributed by atoms with van der Waals surface area (Å²) in [6, 6.07) is 0. The van der Waals surface area contributed by atoms with E-state index in [0.29, 0.717) is 0 Å². The molecular formula is C11H18O4. The summed E-state index contributed by atoms with van der Waals surface area (Å²) in [5.41, 5.74) is -0.516. The van der Waals surface area contributed by atoms with Gasteiger partial charge in [0, 0.05) is 0 Å². The third-order valence-electron chi connectivity index (χ3n) is 2.03. The van der Waals surface area contributed by atoms with Gasteiger partial charge in [0.25, 0.3) is 0 Å². The summed E-state index contributed by atoms with van der Waals surface area (Å²) < 4.78 is 4.90. The summed E-state index contributed by atoms with van der Waals surface area (Å²) in [6.45, 7) is 6.97. The van der Waals surface area contributed by atoms with Gasteiger partial charge >= 0.3 is 11.9 Å². The van der Waals surface area contributed by atoms with Crippen LogP contribution in [0.2, 0.25) is 0 Å². The Morgan fingerprint density at radius 1 is 1.40 bits per heavy atom. The Labute approximate surface area is 89.9 Å². The first kappa shape index (κ1) is 13.7. The van der Waals surface area contributed by atoms with Gasteiger partial charge in [-0.1, -0.05) is 26.3 Å². The van der Waals surface area contributed by atoms with E-state index in [2.05, 4.69) is 13.5 Å². The molecule has 0 saturated carbocycles. The summed E-state index contributed by atoms with van der Waals surface area (Å²) >= 11 is 0. The lowest BCUT2D eigenvalue weighted by molar-refractivity contribution is -0.147. The molecule has 0 aliphatic rings. The fraction of sp³-hybridized carbons (Fsp3) is 0.636. The van der Waals surface area contributed by atoms with Crippen molar-refractivity contribution in [2.24, 2.45) is 0 Å². The molecule has 0 heterocycles. The first-order chi connectivity index (χ1) is 6.99. The minimum atomic E-state index is -1.33. The zero-order valence-corrected chi connectivity index (χ0v) is 9.28. The lowest BCUT2D eigenvalue weighted by Crippen LogP contribution is -2.19. The van der Waals surface area contributed by atoms with Crippen molar-refractivity contribution in [2.45, 2.75) is 45.6 Å². The molecular weight excluding hydrogens is 196 g/mol. The Bertz CT molecular complexity index is 245. The third-order valence-corrected chi connectivity index (χ3v) is 2.03. The number of esters is 1. The number of hydrogen-bond acceptors (Lipinski definition) is 3. The van der Waals surface area contributed by atoms with Gasteiger partial charge in [0.15, 0.2) is 0 Å². The smallest absolute Gasteiger partial charge is 0.345 e. The molecule has 1 N–H and O–H groups in total. The van der Waals surface area contributed by atoms with E-state index in [0.717, 1.165) is 25.7 Å². The van der Waals surface area contributed by atoms with Crippen LogP contribution in [0.4, 0.5) is 0 Å². The van der Waals surface area contributed by atoms with Crippen molar-refractivity contribution >= 4 is 11.9 Å². The second kappa shape index (κ2) is 7.04. The average Bonchev–Trinajstić information content (AvgIpc) is 2.16. The van der Waals surface area contributed by atoms with Gasteiger partial charge in [-0.05, 0) is 19.8 Å². The Kier molecular flexibility index (Phi) is 6.42. The number of unbranched alkanes of at least 4 members (excludes halogenated alkanes) is 2. The second-order valence-electron chi connectivity index (χ2n) is 3.50. The monoisotopic (exact) mass is 214 g/mol. The summed E-state index contributed by atoms with van der Waals surface area (Å²) in [4.78, 5) is 21.5. The van der Waals surface area contributed by atoms with Crippen LogP contribution in [0.15, 0.2) is 12.2 Å². The highest BCUT2D eigenvalue weighted by molar-refractivity contribution is 6.12. The Hall–Kier alpha value is -1.32.